The van der Waals surface area contributed by atoms with Gasteiger partial charge in [0.1, 0.15) is 9.71 Å². The number of rotatable bonds is 2. The lowest BCUT2D eigenvalue weighted by Crippen LogP contribution is -2.12. The molecular weight excluding hydrogens is 330 g/mol. The molecule has 4 aromatic rings. The topological polar surface area (TPSA) is 68.0 Å². The van der Waals surface area contributed by atoms with Gasteiger partial charge in [0.15, 0.2) is 0 Å². The van der Waals surface area contributed by atoms with Crippen LogP contribution in [0.3, 0.4) is 0 Å². The lowest BCUT2D eigenvalue weighted by Gasteiger charge is -2.07. The van der Waals surface area contributed by atoms with E-state index in [0.29, 0.717) is 10.6 Å². The highest BCUT2D eigenvalue weighted by atomic mass is 32.1. The summed E-state index contributed by atoms with van der Waals surface area (Å²) in [4.78, 5) is 18.6. The van der Waals surface area contributed by atoms with Gasteiger partial charge in [-0.25, -0.2) is 4.98 Å². The summed E-state index contributed by atoms with van der Waals surface area (Å²) < 4.78 is 0. The average molecular weight is 347 g/mol. The number of thiophene rings is 1. The average Bonchev–Trinajstić information content (AvgIpc) is 2.91. The lowest BCUT2D eigenvalue weighted by molar-refractivity contribution is 0.103. The molecule has 0 saturated heterocycles. The van der Waals surface area contributed by atoms with Crippen molar-refractivity contribution < 1.29 is 4.79 Å². The molecule has 0 fully saturated rings. The lowest BCUT2D eigenvalue weighted by atomic mass is 10.1. The van der Waals surface area contributed by atoms with Crippen molar-refractivity contribution in [1.29, 1.82) is 0 Å². The molecule has 0 radical (unpaired) electrons. The molecule has 4 rings (SSSR count). The van der Waals surface area contributed by atoms with Crippen LogP contribution in [0.4, 0.5) is 11.4 Å². The highest BCUT2D eigenvalue weighted by Gasteiger charge is 2.18. The number of nitrogens with zero attached hydrogens (tertiary/aromatic N) is 1. The highest BCUT2D eigenvalue weighted by Crippen LogP contribution is 2.35. The maximum absolute atomic E-state index is 12.7. The molecule has 2 heterocycles. The first kappa shape index (κ1) is 15.6. The van der Waals surface area contributed by atoms with Gasteiger partial charge in [0.2, 0.25) is 0 Å². The Morgan fingerprint density at radius 1 is 1.12 bits per heavy atom. The number of nitrogens with one attached hydrogen (secondary N) is 1. The Balaban J connectivity index is 1.79. The molecule has 3 N–H and O–H groups in total. The molecular formula is C20H17N3OS. The van der Waals surface area contributed by atoms with Crippen LogP contribution < -0.4 is 11.1 Å². The number of pyridine rings is 1. The molecule has 5 heteroatoms. The highest BCUT2D eigenvalue weighted by molar-refractivity contribution is 7.21. The normalized spacial score (nSPS) is 11.1. The van der Waals surface area contributed by atoms with E-state index < -0.39 is 0 Å². The minimum atomic E-state index is -0.199. The van der Waals surface area contributed by atoms with E-state index in [-0.39, 0.29) is 5.91 Å². The molecule has 25 heavy (non-hydrogen) atoms. The summed E-state index contributed by atoms with van der Waals surface area (Å²) in [5.41, 5.74) is 10.6. The van der Waals surface area contributed by atoms with Gasteiger partial charge in [-0.3, -0.25) is 4.79 Å². The Bertz CT molecular complexity index is 1130. The Morgan fingerprint density at radius 3 is 2.72 bits per heavy atom. The molecule has 2 aromatic heterocycles. The number of anilines is 2. The van der Waals surface area contributed by atoms with Crippen LogP contribution in [-0.2, 0) is 0 Å². The van der Waals surface area contributed by atoms with Crippen molar-refractivity contribution in [2.45, 2.75) is 13.8 Å². The van der Waals surface area contributed by atoms with E-state index in [4.69, 9.17) is 5.73 Å². The van der Waals surface area contributed by atoms with E-state index >= 15 is 0 Å². The minimum absolute atomic E-state index is 0.199. The molecule has 0 aliphatic carbocycles. The third-order valence-electron chi connectivity index (χ3n) is 4.27. The van der Waals surface area contributed by atoms with Gasteiger partial charge in [0, 0.05) is 16.5 Å². The smallest absolute Gasteiger partial charge is 0.267 e. The number of hydrogen-bond donors (Lipinski definition) is 2. The fourth-order valence-electron chi connectivity index (χ4n) is 2.88. The van der Waals surface area contributed by atoms with Crippen LogP contribution in [0.25, 0.3) is 21.1 Å². The Labute approximate surface area is 149 Å². The van der Waals surface area contributed by atoms with E-state index in [1.165, 1.54) is 16.9 Å². The maximum atomic E-state index is 12.7. The second-order valence-electron chi connectivity index (χ2n) is 6.15. The van der Waals surface area contributed by atoms with Gasteiger partial charge in [0.25, 0.3) is 5.91 Å². The van der Waals surface area contributed by atoms with Crippen LogP contribution in [-0.4, -0.2) is 10.9 Å². The van der Waals surface area contributed by atoms with E-state index in [1.807, 2.05) is 56.3 Å². The molecule has 4 nitrogen and oxygen atoms in total. The summed E-state index contributed by atoms with van der Waals surface area (Å²) in [6, 6.07) is 15.8. The molecule has 0 bridgehead atoms. The summed E-state index contributed by atoms with van der Waals surface area (Å²) in [5.74, 6) is -0.199. The fraction of sp³-hybridized carbons (Fsp3) is 0.100. The van der Waals surface area contributed by atoms with Crippen molar-refractivity contribution in [3.8, 4) is 0 Å². The summed E-state index contributed by atoms with van der Waals surface area (Å²) in [6.07, 6.45) is 0. The number of nitrogens with two attached hydrogens (primary N) is 1. The molecule has 0 spiro atoms. The van der Waals surface area contributed by atoms with Crippen molar-refractivity contribution in [1.82, 2.24) is 4.98 Å². The molecule has 1 amide bonds. The first-order valence-electron chi connectivity index (χ1n) is 7.99. The van der Waals surface area contributed by atoms with Gasteiger partial charge in [-0.2, -0.15) is 0 Å². The molecule has 0 aliphatic rings. The van der Waals surface area contributed by atoms with Crippen LogP contribution in [0.15, 0.2) is 48.5 Å². The standard InChI is InChI=1S/C20H17N3OS/c1-11-7-8-16-13(9-11)10-14-17(21)18(25-20(14)23-16)19(24)22-15-6-4-3-5-12(15)2/h3-10H,21H2,1-2H3,(H,22,24). The number of aromatic nitrogens is 1. The van der Waals surface area contributed by atoms with Crippen LogP contribution in [0, 0.1) is 13.8 Å². The van der Waals surface area contributed by atoms with Crippen LogP contribution in [0.1, 0.15) is 20.8 Å². The molecule has 0 unspecified atom stereocenters. The van der Waals surface area contributed by atoms with Gasteiger partial charge in [0.05, 0.1) is 11.2 Å². The summed E-state index contributed by atoms with van der Waals surface area (Å²) >= 11 is 1.33. The predicted molar refractivity (Wildman–Crippen MR) is 105 cm³/mol. The number of aryl methyl sites for hydroxylation is 2. The molecule has 0 aliphatic heterocycles. The quantitative estimate of drug-likeness (QED) is 0.542. The molecule has 0 atom stereocenters. The zero-order valence-electron chi connectivity index (χ0n) is 14.0. The van der Waals surface area contributed by atoms with E-state index in [9.17, 15) is 4.79 Å². The van der Waals surface area contributed by atoms with Gasteiger partial charge >= 0.3 is 0 Å². The summed E-state index contributed by atoms with van der Waals surface area (Å²) in [6.45, 7) is 4.00. The SMILES string of the molecule is Cc1ccc2nc3sc(C(=O)Nc4ccccc4C)c(N)c3cc2c1. The van der Waals surface area contributed by atoms with Crippen molar-refractivity contribution in [3.05, 3.63) is 64.5 Å². The van der Waals surface area contributed by atoms with Crippen molar-refractivity contribution in [2.24, 2.45) is 0 Å². The number of carbonyl (C=O) groups is 1. The number of hydrogen-bond acceptors (Lipinski definition) is 4. The third-order valence-corrected chi connectivity index (χ3v) is 5.38. The first-order chi connectivity index (χ1) is 12.0. The second kappa shape index (κ2) is 5.86. The van der Waals surface area contributed by atoms with E-state index in [2.05, 4.69) is 16.4 Å². The number of carbonyl (C=O) groups excluding carboxylic acids is 1. The zero-order chi connectivity index (χ0) is 17.6. The van der Waals surface area contributed by atoms with Crippen LogP contribution in [0.2, 0.25) is 0 Å². The molecule has 2 aromatic carbocycles. The Kier molecular flexibility index (Phi) is 3.66. The first-order valence-corrected chi connectivity index (χ1v) is 8.81. The van der Waals surface area contributed by atoms with Gasteiger partial charge in [-0.15, -0.1) is 11.3 Å². The van der Waals surface area contributed by atoms with E-state index in [0.717, 1.165) is 32.4 Å². The van der Waals surface area contributed by atoms with E-state index in [1.54, 1.807) is 0 Å². The molecule has 0 saturated carbocycles. The van der Waals surface area contributed by atoms with Crippen molar-refractivity contribution in [3.63, 3.8) is 0 Å². The van der Waals surface area contributed by atoms with Crippen LogP contribution >= 0.6 is 11.3 Å². The maximum Gasteiger partial charge on any atom is 0.267 e. The van der Waals surface area contributed by atoms with Crippen LogP contribution in [0.5, 0.6) is 0 Å². The summed E-state index contributed by atoms with van der Waals surface area (Å²) in [5, 5.41) is 4.80. The summed E-state index contributed by atoms with van der Waals surface area (Å²) in [7, 11) is 0. The predicted octanol–water partition coefficient (Wildman–Crippen LogP) is 4.90. The largest absolute Gasteiger partial charge is 0.397 e. The van der Waals surface area contributed by atoms with Crippen molar-refractivity contribution >= 4 is 49.7 Å². The number of fused-ring (bicyclic) bond motifs is 2. The van der Waals surface area contributed by atoms with Crippen molar-refractivity contribution in [2.75, 3.05) is 11.1 Å². The van der Waals surface area contributed by atoms with Gasteiger partial charge < -0.3 is 11.1 Å². The van der Waals surface area contributed by atoms with Gasteiger partial charge in [-0.1, -0.05) is 29.8 Å². The fourth-order valence-corrected chi connectivity index (χ4v) is 3.86. The minimum Gasteiger partial charge on any atom is -0.397 e. The molecule has 124 valence electrons. The monoisotopic (exact) mass is 347 g/mol. The third kappa shape index (κ3) is 2.72. The Morgan fingerprint density at radius 2 is 1.92 bits per heavy atom. The number of amides is 1. The zero-order valence-corrected chi connectivity index (χ0v) is 14.8. The Hall–Kier alpha value is -2.92. The van der Waals surface area contributed by atoms with Gasteiger partial charge in [-0.05, 0) is 43.7 Å². The number of para-hydroxylation sites is 1. The second-order valence-corrected chi connectivity index (χ2v) is 7.15. The number of benzene rings is 2. The number of nitrogen functional groups attached to an aromatic ring is 1.